The molecule has 0 heteroatoms. The Morgan fingerprint density at radius 3 is 2.57 bits per heavy atom. The second-order valence-corrected chi connectivity index (χ2v) is 2.34. The molecule has 0 aromatic heterocycles. The number of allylic oxidation sites excluding steroid dienone is 2. The molecule has 0 spiro atoms. The maximum absolute atomic E-state index is 2.28. The number of hydrogen-bond acceptors (Lipinski definition) is 0. The van der Waals surface area contributed by atoms with Crippen LogP contribution in [-0.2, 0) is 0 Å². The Morgan fingerprint density at radius 1 is 1.71 bits per heavy atom. The van der Waals surface area contributed by atoms with Crippen LogP contribution in [0.15, 0.2) is 11.6 Å². The molecule has 0 atom stereocenters. The van der Waals surface area contributed by atoms with Crippen molar-refractivity contribution in [1.82, 2.24) is 0 Å². The maximum atomic E-state index is 2.28. The molecular formula is C7H11+. The van der Waals surface area contributed by atoms with Gasteiger partial charge in [0.1, 0.15) is 0 Å². The molecule has 0 aliphatic heterocycles. The van der Waals surface area contributed by atoms with Gasteiger partial charge in [0.25, 0.3) is 0 Å². The molecule has 1 aliphatic rings. The summed E-state index contributed by atoms with van der Waals surface area (Å²) in [6.07, 6.45) is 4.87. The van der Waals surface area contributed by atoms with E-state index < -0.39 is 0 Å². The fraction of sp³-hybridized carbons (Fsp3) is 0.571. The number of hydrogen-bond donors (Lipinski definition) is 0. The zero-order valence-electron chi connectivity index (χ0n) is 4.99. The van der Waals surface area contributed by atoms with Crippen molar-refractivity contribution < 1.29 is 0 Å². The van der Waals surface area contributed by atoms with Gasteiger partial charge in [-0.2, -0.15) is 0 Å². The Kier molecular flexibility index (Phi) is 1.09. The van der Waals surface area contributed by atoms with E-state index in [-0.39, 0.29) is 0 Å². The van der Waals surface area contributed by atoms with E-state index in [1.165, 1.54) is 24.3 Å². The van der Waals surface area contributed by atoms with Crippen molar-refractivity contribution in [2.45, 2.75) is 26.7 Å². The molecule has 0 amide bonds. The van der Waals surface area contributed by atoms with Crippen molar-refractivity contribution in [3.63, 3.8) is 0 Å². The summed E-state index contributed by atoms with van der Waals surface area (Å²) >= 11 is 0. The summed E-state index contributed by atoms with van der Waals surface area (Å²) in [5.41, 5.74) is 1.54. The van der Waals surface area contributed by atoms with E-state index in [1.54, 1.807) is 0 Å². The number of rotatable bonds is 0. The summed E-state index contributed by atoms with van der Waals surface area (Å²) in [5, 5.41) is 0. The summed E-state index contributed by atoms with van der Waals surface area (Å²) in [6.45, 7) is 4.38. The third-order valence-corrected chi connectivity index (χ3v) is 1.41. The highest BCUT2D eigenvalue weighted by atomic mass is 14.1. The van der Waals surface area contributed by atoms with Gasteiger partial charge in [-0.25, -0.2) is 0 Å². The van der Waals surface area contributed by atoms with Crippen LogP contribution in [0, 0.1) is 5.92 Å². The highest BCUT2D eigenvalue weighted by Gasteiger charge is 2.16. The standard InChI is InChI=1S/C7H11/c1-6-3-4-7(2)5-6/h5H,3-4H2,1-2H3/q+1. The van der Waals surface area contributed by atoms with Crippen LogP contribution in [0.3, 0.4) is 0 Å². The maximum Gasteiger partial charge on any atom is 0.0946 e. The SMILES string of the molecule is CC1=C[C+](C)CC1. The Bertz CT molecular complexity index is 90.2. The zero-order chi connectivity index (χ0) is 5.28. The molecule has 38 valence electrons. The van der Waals surface area contributed by atoms with Gasteiger partial charge in [0.15, 0.2) is 0 Å². The van der Waals surface area contributed by atoms with E-state index in [0.29, 0.717) is 0 Å². The Hall–Kier alpha value is -0.390. The summed E-state index contributed by atoms with van der Waals surface area (Å²) in [6, 6.07) is 0. The minimum absolute atomic E-state index is 1.30. The molecule has 0 aromatic rings. The monoisotopic (exact) mass is 95.1 g/mol. The molecule has 0 radical (unpaired) electrons. The van der Waals surface area contributed by atoms with Crippen LogP contribution in [0.5, 0.6) is 0 Å². The van der Waals surface area contributed by atoms with Gasteiger partial charge < -0.3 is 0 Å². The smallest absolute Gasteiger partial charge is 0.0239 e. The van der Waals surface area contributed by atoms with Crippen molar-refractivity contribution in [3.05, 3.63) is 17.6 Å². The lowest BCUT2D eigenvalue weighted by Crippen LogP contribution is -1.73. The fourth-order valence-corrected chi connectivity index (χ4v) is 0.959. The predicted molar refractivity (Wildman–Crippen MR) is 31.9 cm³/mol. The molecule has 0 bridgehead atoms. The summed E-state index contributed by atoms with van der Waals surface area (Å²) in [5.74, 6) is 1.54. The van der Waals surface area contributed by atoms with Gasteiger partial charge in [-0.15, -0.1) is 0 Å². The molecule has 0 saturated heterocycles. The van der Waals surface area contributed by atoms with E-state index in [1.807, 2.05) is 0 Å². The third-order valence-electron chi connectivity index (χ3n) is 1.41. The summed E-state index contributed by atoms with van der Waals surface area (Å²) in [4.78, 5) is 0. The van der Waals surface area contributed by atoms with Gasteiger partial charge in [0.2, 0.25) is 0 Å². The van der Waals surface area contributed by atoms with Crippen LogP contribution in [0.2, 0.25) is 0 Å². The van der Waals surface area contributed by atoms with Crippen molar-refractivity contribution >= 4 is 0 Å². The van der Waals surface area contributed by atoms with Gasteiger partial charge in [-0.05, 0) is 0 Å². The molecule has 0 heterocycles. The molecular weight excluding hydrogens is 84.1 g/mol. The molecule has 1 rings (SSSR count). The van der Waals surface area contributed by atoms with E-state index in [9.17, 15) is 0 Å². The van der Waals surface area contributed by atoms with E-state index in [4.69, 9.17) is 0 Å². The zero-order valence-corrected chi connectivity index (χ0v) is 4.99. The van der Waals surface area contributed by atoms with Crippen LogP contribution in [-0.4, -0.2) is 0 Å². The topological polar surface area (TPSA) is 0 Å². The second-order valence-electron chi connectivity index (χ2n) is 2.34. The molecule has 0 aromatic carbocycles. The van der Waals surface area contributed by atoms with Crippen LogP contribution in [0.25, 0.3) is 0 Å². The minimum atomic E-state index is 1.30. The van der Waals surface area contributed by atoms with Crippen molar-refractivity contribution in [3.8, 4) is 0 Å². The molecule has 0 saturated carbocycles. The first-order valence-corrected chi connectivity index (χ1v) is 2.78. The Morgan fingerprint density at radius 2 is 2.43 bits per heavy atom. The van der Waals surface area contributed by atoms with E-state index >= 15 is 0 Å². The molecule has 1 aliphatic carbocycles. The van der Waals surface area contributed by atoms with Crippen molar-refractivity contribution in [2.75, 3.05) is 0 Å². The van der Waals surface area contributed by atoms with Crippen molar-refractivity contribution in [1.29, 1.82) is 0 Å². The average Bonchev–Trinajstić information content (AvgIpc) is 1.87. The highest BCUT2D eigenvalue weighted by Crippen LogP contribution is 2.23. The van der Waals surface area contributed by atoms with Crippen LogP contribution >= 0.6 is 0 Å². The Balaban J connectivity index is 2.50. The highest BCUT2D eigenvalue weighted by molar-refractivity contribution is 5.20. The lowest BCUT2D eigenvalue weighted by molar-refractivity contribution is 0.928. The van der Waals surface area contributed by atoms with Gasteiger partial charge >= 0.3 is 0 Å². The van der Waals surface area contributed by atoms with E-state index in [0.717, 1.165) is 0 Å². The first-order chi connectivity index (χ1) is 3.29. The normalized spacial score (nSPS) is 20.3. The lowest BCUT2D eigenvalue weighted by Gasteiger charge is -1.79. The van der Waals surface area contributed by atoms with Crippen LogP contribution in [0.4, 0.5) is 0 Å². The average molecular weight is 95.2 g/mol. The molecule has 7 heavy (non-hydrogen) atoms. The fourth-order valence-electron chi connectivity index (χ4n) is 0.959. The predicted octanol–water partition coefficient (Wildman–Crippen LogP) is 2.32. The van der Waals surface area contributed by atoms with Gasteiger partial charge in [0, 0.05) is 13.8 Å². The minimum Gasteiger partial charge on any atom is 0.0239 e. The lowest BCUT2D eigenvalue weighted by atomic mass is 10.2. The first-order valence-electron chi connectivity index (χ1n) is 2.78. The van der Waals surface area contributed by atoms with Gasteiger partial charge in [-0.3, -0.25) is 0 Å². The largest absolute Gasteiger partial charge is 0.0946 e. The quantitative estimate of drug-likeness (QED) is 0.405. The van der Waals surface area contributed by atoms with Gasteiger partial charge in [0.05, 0.1) is 30.4 Å². The van der Waals surface area contributed by atoms with Crippen molar-refractivity contribution in [2.24, 2.45) is 0 Å². The summed E-state index contributed by atoms with van der Waals surface area (Å²) in [7, 11) is 0. The molecule has 0 nitrogen and oxygen atoms in total. The summed E-state index contributed by atoms with van der Waals surface area (Å²) < 4.78 is 0. The second kappa shape index (κ2) is 1.61. The Labute approximate surface area is 45.2 Å². The molecule has 0 fully saturated rings. The van der Waals surface area contributed by atoms with Crippen LogP contribution < -0.4 is 0 Å². The van der Waals surface area contributed by atoms with E-state index in [2.05, 4.69) is 19.9 Å². The first kappa shape index (κ1) is 4.76. The molecule has 0 unspecified atom stereocenters. The van der Waals surface area contributed by atoms with Gasteiger partial charge in [-0.1, -0.05) is 0 Å². The molecule has 0 N–H and O–H groups in total. The van der Waals surface area contributed by atoms with Crippen LogP contribution in [0.1, 0.15) is 26.7 Å². The third kappa shape index (κ3) is 0.986.